The van der Waals surface area contributed by atoms with Gasteiger partial charge in [-0.1, -0.05) is 0 Å². The van der Waals surface area contributed by atoms with Gasteiger partial charge in [0, 0.05) is 44.2 Å². The number of nitrogens with zero attached hydrogens (tertiary/aromatic N) is 5. The van der Waals surface area contributed by atoms with Crippen LogP contribution in [0, 0.1) is 11.6 Å². The minimum Gasteiger partial charge on any atom is -0.493 e. The number of aromatic nitrogens is 4. The first-order chi connectivity index (χ1) is 14.1. The smallest absolute Gasteiger partial charge is 0.225 e. The van der Waals surface area contributed by atoms with Crippen LogP contribution in [0.2, 0.25) is 0 Å². The van der Waals surface area contributed by atoms with Crippen molar-refractivity contribution in [3.05, 3.63) is 65.7 Å². The minimum absolute atomic E-state index is 0.181. The third-order valence-electron chi connectivity index (χ3n) is 4.74. The van der Waals surface area contributed by atoms with E-state index in [-0.39, 0.29) is 6.10 Å². The average Bonchev–Trinajstić information content (AvgIpc) is 3.12. The van der Waals surface area contributed by atoms with Gasteiger partial charge in [0.2, 0.25) is 5.95 Å². The van der Waals surface area contributed by atoms with Crippen molar-refractivity contribution in [2.75, 3.05) is 31.2 Å². The molecule has 0 radical (unpaired) electrons. The Kier molecular flexibility index (Phi) is 5.66. The third kappa shape index (κ3) is 4.51. The molecule has 3 heterocycles. The van der Waals surface area contributed by atoms with E-state index in [4.69, 9.17) is 9.47 Å². The second kappa shape index (κ2) is 8.52. The molecule has 0 amide bonds. The lowest BCUT2D eigenvalue weighted by Crippen LogP contribution is -2.39. The van der Waals surface area contributed by atoms with E-state index in [1.54, 1.807) is 23.1 Å². The summed E-state index contributed by atoms with van der Waals surface area (Å²) in [6, 6.07) is 7.27. The van der Waals surface area contributed by atoms with Crippen molar-refractivity contribution >= 4 is 5.95 Å². The fourth-order valence-electron chi connectivity index (χ4n) is 3.23. The summed E-state index contributed by atoms with van der Waals surface area (Å²) in [5.74, 6) is -0.847. The highest BCUT2D eigenvalue weighted by atomic mass is 19.2. The van der Waals surface area contributed by atoms with Crippen LogP contribution in [0.3, 0.4) is 0 Å². The van der Waals surface area contributed by atoms with Gasteiger partial charge in [0.15, 0.2) is 11.6 Å². The van der Waals surface area contributed by atoms with Gasteiger partial charge in [-0.15, -0.1) is 0 Å². The number of benzene rings is 1. The lowest BCUT2D eigenvalue weighted by Gasteiger charge is -2.32. The van der Waals surface area contributed by atoms with E-state index >= 15 is 0 Å². The van der Waals surface area contributed by atoms with Crippen molar-refractivity contribution in [3.8, 4) is 5.75 Å². The van der Waals surface area contributed by atoms with Gasteiger partial charge in [-0.25, -0.2) is 18.7 Å². The molecule has 1 saturated heterocycles. The zero-order chi connectivity index (χ0) is 20.2. The molecular formula is C20H21F2N5O2. The Balaban J connectivity index is 1.37. The highest BCUT2D eigenvalue weighted by molar-refractivity contribution is 5.30. The number of hydrogen-bond acceptors (Lipinski definition) is 6. The molecule has 0 bridgehead atoms. The summed E-state index contributed by atoms with van der Waals surface area (Å²) in [5.41, 5.74) is 1.79. The molecule has 7 nitrogen and oxygen atoms in total. The molecule has 4 rings (SSSR count). The number of ether oxygens (including phenoxy) is 2. The minimum atomic E-state index is -0.924. The highest BCUT2D eigenvalue weighted by Gasteiger charge is 2.26. The molecular weight excluding hydrogens is 380 g/mol. The maximum Gasteiger partial charge on any atom is 0.225 e. The van der Waals surface area contributed by atoms with E-state index in [2.05, 4.69) is 20.0 Å². The molecule has 9 heteroatoms. The van der Waals surface area contributed by atoms with Gasteiger partial charge in [0.25, 0.3) is 0 Å². The lowest BCUT2D eigenvalue weighted by molar-refractivity contribution is 0.0361. The van der Waals surface area contributed by atoms with Crippen LogP contribution < -0.4 is 9.64 Å². The Morgan fingerprint density at radius 3 is 2.79 bits per heavy atom. The fourth-order valence-corrected chi connectivity index (χ4v) is 3.23. The van der Waals surface area contributed by atoms with E-state index in [1.807, 2.05) is 13.1 Å². The fraction of sp³-hybridized carbons (Fsp3) is 0.350. The van der Waals surface area contributed by atoms with Crippen LogP contribution in [0.15, 0.2) is 42.7 Å². The van der Waals surface area contributed by atoms with Crippen molar-refractivity contribution in [1.82, 2.24) is 19.7 Å². The summed E-state index contributed by atoms with van der Waals surface area (Å²) in [7, 11) is 1.86. The second-order valence-corrected chi connectivity index (χ2v) is 6.71. The maximum absolute atomic E-state index is 13.3. The molecule has 0 aliphatic carbocycles. The molecule has 2 aromatic heterocycles. The largest absolute Gasteiger partial charge is 0.493 e. The summed E-state index contributed by atoms with van der Waals surface area (Å²) in [6.45, 7) is 2.22. The first-order valence-electron chi connectivity index (χ1n) is 9.34. The molecule has 0 N–H and O–H groups in total. The van der Waals surface area contributed by atoms with Crippen LogP contribution in [0.5, 0.6) is 5.75 Å². The number of rotatable bonds is 6. The van der Waals surface area contributed by atoms with E-state index < -0.39 is 11.6 Å². The van der Waals surface area contributed by atoms with Crippen molar-refractivity contribution in [2.45, 2.75) is 12.5 Å². The Hall–Kier alpha value is -3.07. The van der Waals surface area contributed by atoms with Gasteiger partial charge >= 0.3 is 0 Å². The molecule has 1 atom stereocenters. The second-order valence-electron chi connectivity index (χ2n) is 6.71. The Morgan fingerprint density at radius 1 is 1.17 bits per heavy atom. The molecule has 1 fully saturated rings. The molecule has 1 aliphatic heterocycles. The van der Waals surface area contributed by atoms with Gasteiger partial charge in [0.05, 0.1) is 25.5 Å². The summed E-state index contributed by atoms with van der Waals surface area (Å²) < 4.78 is 39.5. The van der Waals surface area contributed by atoms with Crippen molar-refractivity contribution in [2.24, 2.45) is 7.05 Å². The van der Waals surface area contributed by atoms with Crippen LogP contribution in [0.25, 0.3) is 0 Å². The van der Waals surface area contributed by atoms with Gasteiger partial charge < -0.3 is 14.4 Å². The topological polar surface area (TPSA) is 65.3 Å². The van der Waals surface area contributed by atoms with Crippen molar-refractivity contribution in [3.63, 3.8) is 0 Å². The highest BCUT2D eigenvalue weighted by Crippen LogP contribution is 2.24. The predicted molar refractivity (Wildman–Crippen MR) is 102 cm³/mol. The summed E-state index contributed by atoms with van der Waals surface area (Å²) in [4.78, 5) is 10.7. The Labute approximate surface area is 166 Å². The molecule has 152 valence electrons. The first kappa shape index (κ1) is 19.3. The summed E-state index contributed by atoms with van der Waals surface area (Å²) in [6.07, 6.45) is 3.83. The lowest BCUT2D eigenvalue weighted by atomic mass is 10.2. The van der Waals surface area contributed by atoms with E-state index in [0.29, 0.717) is 37.9 Å². The Bertz CT molecular complexity index is 967. The zero-order valence-electron chi connectivity index (χ0n) is 16.0. The van der Waals surface area contributed by atoms with Gasteiger partial charge in [0.1, 0.15) is 11.9 Å². The molecule has 0 spiro atoms. The van der Waals surface area contributed by atoms with Gasteiger partial charge in [-0.05, 0) is 24.3 Å². The van der Waals surface area contributed by atoms with E-state index in [0.717, 1.165) is 30.1 Å². The monoisotopic (exact) mass is 401 g/mol. The molecule has 0 saturated carbocycles. The van der Waals surface area contributed by atoms with Crippen molar-refractivity contribution < 1.29 is 18.3 Å². The van der Waals surface area contributed by atoms with Crippen LogP contribution in [-0.4, -0.2) is 46.1 Å². The quantitative estimate of drug-likeness (QED) is 0.633. The predicted octanol–water partition coefficient (Wildman–Crippen LogP) is 2.69. The van der Waals surface area contributed by atoms with Crippen LogP contribution in [-0.2, 0) is 18.2 Å². The number of hydrogen-bond donors (Lipinski definition) is 0. The number of morpholine rings is 1. The van der Waals surface area contributed by atoms with Crippen LogP contribution in [0.4, 0.5) is 14.7 Å². The van der Waals surface area contributed by atoms with Crippen LogP contribution >= 0.6 is 0 Å². The average molecular weight is 401 g/mol. The van der Waals surface area contributed by atoms with E-state index in [9.17, 15) is 8.78 Å². The van der Waals surface area contributed by atoms with Gasteiger partial charge in [-0.3, -0.25) is 4.68 Å². The molecule has 3 aromatic rings. The Morgan fingerprint density at radius 2 is 2.00 bits per heavy atom. The van der Waals surface area contributed by atoms with Crippen LogP contribution in [0.1, 0.15) is 17.5 Å². The molecule has 29 heavy (non-hydrogen) atoms. The first-order valence-corrected chi connectivity index (χ1v) is 9.34. The summed E-state index contributed by atoms with van der Waals surface area (Å²) >= 11 is 0. The number of anilines is 1. The van der Waals surface area contributed by atoms with Crippen molar-refractivity contribution in [1.29, 1.82) is 0 Å². The standard InChI is InChI=1S/C20H21F2N5O2/c1-26-14(5-9-28-15-3-4-16(21)17(22)12-15)11-18(25-26)19-13-27(8-10-29-19)20-23-6-2-7-24-20/h2-4,6-7,11-12,19H,5,8-10,13H2,1H3/t19-/m1/s1. The van der Waals surface area contributed by atoms with Gasteiger partial charge in [-0.2, -0.15) is 5.10 Å². The zero-order valence-corrected chi connectivity index (χ0v) is 16.0. The molecule has 1 aliphatic rings. The SMILES string of the molecule is Cn1nc([C@H]2CN(c3ncccn3)CCO2)cc1CCOc1ccc(F)c(F)c1. The summed E-state index contributed by atoms with van der Waals surface area (Å²) in [5, 5.41) is 4.57. The number of halogens is 2. The van der Waals surface area contributed by atoms with E-state index in [1.165, 1.54) is 6.07 Å². The third-order valence-corrected chi connectivity index (χ3v) is 4.74. The molecule has 1 aromatic carbocycles. The molecule has 0 unspecified atom stereocenters. The number of aryl methyl sites for hydroxylation is 1. The normalized spacial score (nSPS) is 16.8. The maximum atomic E-state index is 13.3.